The van der Waals surface area contributed by atoms with E-state index in [1.54, 1.807) is 0 Å². The number of rotatable bonds is 4. The number of hydrogen-bond acceptors (Lipinski definition) is 5. The monoisotopic (exact) mass is 259 g/mol. The molecule has 1 aliphatic rings. The molecule has 0 bridgehead atoms. The molecule has 17 heavy (non-hydrogen) atoms. The van der Waals surface area contributed by atoms with Crippen LogP contribution in [-0.4, -0.2) is 38.8 Å². The number of imide groups is 1. The van der Waals surface area contributed by atoms with Crippen molar-refractivity contribution in [2.75, 3.05) is 6.61 Å². The number of ether oxygens (including phenoxy) is 2. The van der Waals surface area contributed by atoms with Crippen LogP contribution in [0.4, 0.5) is 4.79 Å². The van der Waals surface area contributed by atoms with Gasteiger partial charge in [0, 0.05) is 8.07 Å². The van der Waals surface area contributed by atoms with E-state index < -0.39 is 32.1 Å². The topological polar surface area (TPSA) is 81.7 Å². The van der Waals surface area contributed by atoms with Gasteiger partial charge in [-0.05, 0) is 6.04 Å². The molecule has 1 fully saturated rings. The third-order valence-corrected chi connectivity index (χ3v) is 3.94. The van der Waals surface area contributed by atoms with E-state index in [9.17, 15) is 14.4 Å². The Morgan fingerprint density at radius 2 is 2.06 bits per heavy atom. The summed E-state index contributed by atoms with van der Waals surface area (Å²) < 4.78 is 9.58. The number of nitrogens with one attached hydrogen (secondary N) is 1. The van der Waals surface area contributed by atoms with Gasteiger partial charge < -0.3 is 9.47 Å². The van der Waals surface area contributed by atoms with E-state index in [1.165, 1.54) is 0 Å². The maximum absolute atomic E-state index is 11.2. The van der Waals surface area contributed by atoms with Crippen LogP contribution in [0.3, 0.4) is 0 Å². The summed E-state index contributed by atoms with van der Waals surface area (Å²) in [5, 5.41) is 2.05. The highest BCUT2D eigenvalue weighted by atomic mass is 28.3. The SMILES string of the molecule is C[Si](C)(C)CCOC(=O)OC1CC(=O)NC1=O. The Labute approximate surface area is 101 Å². The fourth-order valence-electron chi connectivity index (χ4n) is 1.22. The average molecular weight is 259 g/mol. The van der Waals surface area contributed by atoms with Gasteiger partial charge in [0.05, 0.1) is 13.0 Å². The number of hydrogen-bond donors (Lipinski definition) is 1. The van der Waals surface area contributed by atoms with E-state index >= 15 is 0 Å². The van der Waals surface area contributed by atoms with E-state index in [4.69, 9.17) is 9.47 Å². The molecule has 0 saturated carbocycles. The maximum Gasteiger partial charge on any atom is 0.509 e. The highest BCUT2D eigenvalue weighted by molar-refractivity contribution is 6.76. The highest BCUT2D eigenvalue weighted by Gasteiger charge is 2.34. The third-order valence-electron chi connectivity index (χ3n) is 2.24. The Balaban J connectivity index is 2.26. The predicted octanol–water partition coefficient (Wildman–Crippen LogP) is 0.893. The van der Waals surface area contributed by atoms with Crippen LogP contribution < -0.4 is 5.32 Å². The summed E-state index contributed by atoms with van der Waals surface area (Å²) in [5.41, 5.74) is 0. The quantitative estimate of drug-likeness (QED) is 0.460. The van der Waals surface area contributed by atoms with Crippen LogP contribution in [0, 0.1) is 0 Å². The number of amides is 2. The van der Waals surface area contributed by atoms with E-state index in [2.05, 4.69) is 19.6 Å². The molecule has 6 nitrogen and oxygen atoms in total. The highest BCUT2D eigenvalue weighted by Crippen LogP contribution is 2.10. The molecule has 96 valence electrons. The van der Waals surface area contributed by atoms with E-state index in [1.807, 2.05) is 5.32 Å². The zero-order chi connectivity index (χ0) is 13.1. The van der Waals surface area contributed by atoms with Gasteiger partial charge in [-0.3, -0.25) is 14.9 Å². The van der Waals surface area contributed by atoms with E-state index in [-0.39, 0.29) is 13.0 Å². The van der Waals surface area contributed by atoms with Gasteiger partial charge in [-0.15, -0.1) is 0 Å². The summed E-state index contributed by atoms with van der Waals surface area (Å²) >= 11 is 0. The molecule has 0 spiro atoms. The van der Waals surface area contributed by atoms with Gasteiger partial charge in [-0.2, -0.15) is 0 Å². The molecule has 0 aromatic rings. The summed E-state index contributed by atoms with van der Waals surface area (Å²) in [7, 11) is -1.26. The van der Waals surface area contributed by atoms with Gasteiger partial charge in [0.15, 0.2) is 6.10 Å². The summed E-state index contributed by atoms with van der Waals surface area (Å²) in [6.45, 7) is 6.76. The molecular weight excluding hydrogens is 242 g/mol. The second-order valence-corrected chi connectivity index (χ2v) is 10.8. The summed E-state index contributed by atoms with van der Waals surface area (Å²) in [6.07, 6.45) is -2.05. The molecular formula is C10H17NO5Si. The van der Waals surface area contributed by atoms with Crippen molar-refractivity contribution in [2.24, 2.45) is 0 Å². The van der Waals surface area contributed by atoms with Crippen LogP contribution in [-0.2, 0) is 19.1 Å². The fraction of sp³-hybridized carbons (Fsp3) is 0.700. The molecule has 0 aromatic heterocycles. The number of carbonyl (C=O) groups excluding carboxylic acids is 3. The van der Waals surface area contributed by atoms with E-state index in [0.29, 0.717) is 0 Å². The van der Waals surface area contributed by atoms with Crippen molar-refractivity contribution >= 4 is 26.0 Å². The van der Waals surface area contributed by atoms with Crippen LogP contribution >= 0.6 is 0 Å². The van der Waals surface area contributed by atoms with Crippen molar-refractivity contribution in [3.05, 3.63) is 0 Å². The van der Waals surface area contributed by atoms with Crippen LogP contribution in [0.15, 0.2) is 0 Å². The van der Waals surface area contributed by atoms with Crippen LogP contribution in [0.1, 0.15) is 6.42 Å². The molecule has 0 radical (unpaired) electrons. The number of carbonyl (C=O) groups is 3. The lowest BCUT2D eigenvalue weighted by molar-refractivity contribution is -0.128. The summed E-state index contributed by atoms with van der Waals surface area (Å²) in [4.78, 5) is 33.1. The van der Waals surface area contributed by atoms with Crippen molar-refractivity contribution in [1.82, 2.24) is 5.32 Å². The first-order chi connectivity index (χ1) is 7.78. The molecule has 2 amide bonds. The largest absolute Gasteiger partial charge is 0.509 e. The molecule has 1 atom stereocenters. The van der Waals surface area contributed by atoms with E-state index in [0.717, 1.165) is 6.04 Å². The van der Waals surface area contributed by atoms with Crippen LogP contribution in [0.25, 0.3) is 0 Å². The predicted molar refractivity (Wildman–Crippen MR) is 62.1 cm³/mol. The minimum Gasteiger partial charge on any atom is -0.435 e. The lowest BCUT2D eigenvalue weighted by Gasteiger charge is -2.15. The van der Waals surface area contributed by atoms with Gasteiger partial charge >= 0.3 is 6.16 Å². The Morgan fingerprint density at radius 3 is 2.53 bits per heavy atom. The maximum atomic E-state index is 11.2. The third kappa shape index (κ3) is 4.99. The van der Waals surface area contributed by atoms with Gasteiger partial charge in [0.25, 0.3) is 5.91 Å². The van der Waals surface area contributed by atoms with Crippen molar-refractivity contribution < 1.29 is 23.9 Å². The Bertz CT molecular complexity index is 336. The molecule has 7 heteroatoms. The van der Waals surface area contributed by atoms with Gasteiger partial charge in [0.1, 0.15) is 0 Å². The molecule has 0 aromatic carbocycles. The average Bonchev–Trinajstić information content (AvgIpc) is 2.42. The summed E-state index contributed by atoms with van der Waals surface area (Å²) in [5.74, 6) is -1.02. The van der Waals surface area contributed by atoms with Crippen molar-refractivity contribution in [3.63, 3.8) is 0 Å². The smallest absolute Gasteiger partial charge is 0.435 e. The first-order valence-electron chi connectivity index (χ1n) is 5.45. The van der Waals surface area contributed by atoms with Gasteiger partial charge in [-0.25, -0.2) is 4.79 Å². The first-order valence-corrected chi connectivity index (χ1v) is 9.16. The second kappa shape index (κ2) is 5.31. The van der Waals surface area contributed by atoms with Crippen molar-refractivity contribution in [3.8, 4) is 0 Å². The molecule has 0 aliphatic carbocycles. The zero-order valence-electron chi connectivity index (χ0n) is 10.2. The minimum atomic E-state index is -1.26. The van der Waals surface area contributed by atoms with Crippen molar-refractivity contribution in [1.29, 1.82) is 0 Å². The molecule has 1 saturated heterocycles. The van der Waals surface area contributed by atoms with Crippen LogP contribution in [0.5, 0.6) is 0 Å². The minimum absolute atomic E-state index is 0.123. The molecule has 1 aliphatic heterocycles. The second-order valence-electron chi connectivity index (χ2n) is 5.13. The standard InChI is InChI=1S/C10H17NO5Si/c1-17(2,3)5-4-15-10(14)16-7-6-8(12)11-9(7)13/h7H,4-6H2,1-3H3,(H,11,12,13). The Morgan fingerprint density at radius 1 is 1.41 bits per heavy atom. The molecule has 1 unspecified atom stereocenters. The molecule has 1 rings (SSSR count). The van der Waals surface area contributed by atoms with Crippen LogP contribution in [0.2, 0.25) is 25.7 Å². The lowest BCUT2D eigenvalue weighted by atomic mass is 10.3. The molecule has 1 N–H and O–H groups in total. The first kappa shape index (κ1) is 13.7. The van der Waals surface area contributed by atoms with Gasteiger partial charge in [0.2, 0.25) is 5.91 Å². The summed E-state index contributed by atoms with van der Waals surface area (Å²) in [6, 6.07) is 0.831. The molecule has 1 heterocycles. The lowest BCUT2D eigenvalue weighted by Crippen LogP contribution is -2.29. The fourth-order valence-corrected chi connectivity index (χ4v) is 1.93. The van der Waals surface area contributed by atoms with Crippen molar-refractivity contribution in [2.45, 2.75) is 38.2 Å². The zero-order valence-corrected chi connectivity index (χ0v) is 11.2. The van der Waals surface area contributed by atoms with Gasteiger partial charge in [-0.1, -0.05) is 19.6 Å². The normalized spacial score (nSPS) is 20.1. The Kier molecular flexibility index (Phi) is 4.27. The Hall–Kier alpha value is -1.37.